The van der Waals surface area contributed by atoms with Gasteiger partial charge in [0, 0.05) is 5.38 Å². The van der Waals surface area contributed by atoms with Gasteiger partial charge in [0.05, 0.1) is 11.6 Å². The van der Waals surface area contributed by atoms with Gasteiger partial charge >= 0.3 is 0 Å². The van der Waals surface area contributed by atoms with Crippen molar-refractivity contribution in [1.29, 1.82) is 0 Å². The SMILES string of the molecule is CCCNC(C)c1nc(-c2cscn2)no1. The molecule has 2 rings (SSSR count). The molecule has 1 unspecified atom stereocenters. The van der Waals surface area contributed by atoms with Crippen molar-refractivity contribution in [2.24, 2.45) is 0 Å². The minimum absolute atomic E-state index is 0.0832. The molecular weight excluding hydrogens is 224 g/mol. The maximum Gasteiger partial charge on any atom is 0.243 e. The molecule has 2 heterocycles. The Morgan fingerprint density at radius 1 is 1.56 bits per heavy atom. The highest BCUT2D eigenvalue weighted by Gasteiger charge is 2.15. The van der Waals surface area contributed by atoms with Gasteiger partial charge in [0.15, 0.2) is 0 Å². The molecular formula is C10H14N4OS. The third-order valence-corrected chi connectivity index (χ3v) is 2.76. The van der Waals surface area contributed by atoms with Crippen molar-refractivity contribution in [1.82, 2.24) is 20.4 Å². The first-order valence-electron chi connectivity index (χ1n) is 5.26. The monoisotopic (exact) mass is 238 g/mol. The highest BCUT2D eigenvalue weighted by molar-refractivity contribution is 7.07. The third kappa shape index (κ3) is 2.45. The summed E-state index contributed by atoms with van der Waals surface area (Å²) < 4.78 is 5.19. The minimum atomic E-state index is 0.0832. The molecule has 0 amide bonds. The summed E-state index contributed by atoms with van der Waals surface area (Å²) in [5.74, 6) is 1.16. The van der Waals surface area contributed by atoms with Gasteiger partial charge < -0.3 is 9.84 Å². The first-order chi connectivity index (χ1) is 7.81. The van der Waals surface area contributed by atoms with Crippen LogP contribution in [-0.4, -0.2) is 21.7 Å². The zero-order valence-corrected chi connectivity index (χ0v) is 10.1. The Balaban J connectivity index is 2.07. The quantitative estimate of drug-likeness (QED) is 0.865. The van der Waals surface area contributed by atoms with Gasteiger partial charge in [-0.15, -0.1) is 11.3 Å². The van der Waals surface area contributed by atoms with E-state index in [1.807, 2.05) is 12.3 Å². The van der Waals surface area contributed by atoms with Crippen molar-refractivity contribution < 1.29 is 4.52 Å². The fourth-order valence-corrected chi connectivity index (χ4v) is 1.82. The van der Waals surface area contributed by atoms with Gasteiger partial charge in [-0.05, 0) is 19.9 Å². The Hall–Kier alpha value is -1.27. The van der Waals surface area contributed by atoms with Crippen LogP contribution in [0.25, 0.3) is 11.5 Å². The van der Waals surface area contributed by atoms with E-state index in [9.17, 15) is 0 Å². The lowest BCUT2D eigenvalue weighted by Crippen LogP contribution is -2.19. The molecule has 86 valence electrons. The molecule has 5 nitrogen and oxygen atoms in total. The summed E-state index contributed by atoms with van der Waals surface area (Å²) >= 11 is 1.52. The summed E-state index contributed by atoms with van der Waals surface area (Å²) in [7, 11) is 0. The van der Waals surface area contributed by atoms with Crippen molar-refractivity contribution in [3.63, 3.8) is 0 Å². The molecule has 0 saturated heterocycles. The minimum Gasteiger partial charge on any atom is -0.337 e. The van der Waals surface area contributed by atoms with E-state index in [0.717, 1.165) is 18.7 Å². The second-order valence-corrected chi connectivity index (χ2v) is 4.22. The van der Waals surface area contributed by atoms with Crippen molar-refractivity contribution in [2.45, 2.75) is 26.3 Å². The molecule has 1 N–H and O–H groups in total. The Labute approximate surface area is 97.9 Å². The molecule has 0 aliphatic rings. The number of aromatic nitrogens is 3. The van der Waals surface area contributed by atoms with Crippen LogP contribution in [0.3, 0.4) is 0 Å². The zero-order valence-electron chi connectivity index (χ0n) is 9.30. The lowest BCUT2D eigenvalue weighted by atomic mass is 10.3. The molecule has 0 fully saturated rings. The number of nitrogens with one attached hydrogen (secondary N) is 1. The summed E-state index contributed by atoms with van der Waals surface area (Å²) in [6.45, 7) is 5.07. The normalized spacial score (nSPS) is 12.9. The number of hydrogen-bond donors (Lipinski definition) is 1. The van der Waals surface area contributed by atoms with Crippen LogP contribution in [0.1, 0.15) is 32.2 Å². The summed E-state index contributed by atoms with van der Waals surface area (Å²) in [5.41, 5.74) is 2.52. The molecule has 2 aromatic rings. The van der Waals surface area contributed by atoms with Crippen molar-refractivity contribution >= 4 is 11.3 Å². The van der Waals surface area contributed by atoms with E-state index in [4.69, 9.17) is 4.52 Å². The van der Waals surface area contributed by atoms with E-state index in [-0.39, 0.29) is 6.04 Å². The number of rotatable bonds is 5. The number of hydrogen-bond acceptors (Lipinski definition) is 6. The Bertz CT molecular complexity index is 426. The van der Waals surface area contributed by atoms with E-state index in [2.05, 4.69) is 27.4 Å². The Morgan fingerprint density at radius 3 is 3.12 bits per heavy atom. The Morgan fingerprint density at radius 2 is 2.44 bits per heavy atom. The second-order valence-electron chi connectivity index (χ2n) is 3.51. The first-order valence-corrected chi connectivity index (χ1v) is 6.21. The first kappa shape index (κ1) is 11.2. The van der Waals surface area contributed by atoms with E-state index < -0.39 is 0 Å². The average molecular weight is 238 g/mol. The maximum atomic E-state index is 5.19. The molecule has 0 radical (unpaired) electrons. The van der Waals surface area contributed by atoms with Crippen LogP contribution < -0.4 is 5.32 Å². The Kier molecular flexibility index (Phi) is 3.63. The third-order valence-electron chi connectivity index (χ3n) is 2.17. The molecule has 0 aromatic carbocycles. The van der Waals surface area contributed by atoms with Gasteiger partial charge in [0.25, 0.3) is 0 Å². The molecule has 0 aliphatic heterocycles. The van der Waals surface area contributed by atoms with Gasteiger partial charge in [-0.25, -0.2) is 4.98 Å². The van der Waals surface area contributed by atoms with E-state index in [0.29, 0.717) is 11.7 Å². The van der Waals surface area contributed by atoms with Crippen LogP contribution in [-0.2, 0) is 0 Å². The summed E-state index contributed by atoms with van der Waals surface area (Å²) in [5, 5.41) is 9.10. The summed E-state index contributed by atoms with van der Waals surface area (Å²) in [6.07, 6.45) is 1.08. The highest BCUT2D eigenvalue weighted by atomic mass is 32.1. The average Bonchev–Trinajstić information content (AvgIpc) is 2.94. The molecule has 2 aromatic heterocycles. The van der Waals surface area contributed by atoms with Gasteiger partial charge in [0.2, 0.25) is 11.7 Å². The fourth-order valence-electron chi connectivity index (χ4n) is 1.29. The highest BCUT2D eigenvalue weighted by Crippen LogP contribution is 2.18. The molecule has 16 heavy (non-hydrogen) atoms. The standard InChI is InChI=1S/C10H14N4OS/c1-3-4-11-7(2)10-13-9(14-15-10)8-5-16-6-12-8/h5-7,11H,3-4H2,1-2H3. The molecule has 0 aliphatic carbocycles. The molecule has 6 heteroatoms. The van der Waals surface area contributed by atoms with Gasteiger partial charge in [-0.3, -0.25) is 0 Å². The summed E-state index contributed by atoms with van der Waals surface area (Å²) in [6, 6.07) is 0.0832. The van der Waals surface area contributed by atoms with Crippen LogP contribution in [0.2, 0.25) is 0 Å². The van der Waals surface area contributed by atoms with Crippen molar-refractivity contribution in [3.05, 3.63) is 16.8 Å². The van der Waals surface area contributed by atoms with Crippen LogP contribution >= 0.6 is 11.3 Å². The van der Waals surface area contributed by atoms with Gasteiger partial charge in [0.1, 0.15) is 5.69 Å². The smallest absolute Gasteiger partial charge is 0.243 e. The van der Waals surface area contributed by atoms with Gasteiger partial charge in [-0.2, -0.15) is 4.98 Å². The predicted octanol–water partition coefficient (Wildman–Crippen LogP) is 2.25. The number of thiazole rings is 1. The van der Waals surface area contributed by atoms with Crippen LogP contribution in [0.5, 0.6) is 0 Å². The topological polar surface area (TPSA) is 63.8 Å². The molecule has 1 atom stereocenters. The van der Waals surface area contributed by atoms with E-state index in [1.54, 1.807) is 5.51 Å². The molecule has 0 spiro atoms. The predicted molar refractivity (Wildman–Crippen MR) is 62.1 cm³/mol. The second kappa shape index (κ2) is 5.18. The van der Waals surface area contributed by atoms with Crippen molar-refractivity contribution in [2.75, 3.05) is 6.54 Å². The van der Waals surface area contributed by atoms with E-state index >= 15 is 0 Å². The van der Waals surface area contributed by atoms with Crippen LogP contribution in [0.15, 0.2) is 15.4 Å². The summed E-state index contributed by atoms with van der Waals surface area (Å²) in [4.78, 5) is 8.44. The number of nitrogens with zero attached hydrogens (tertiary/aromatic N) is 3. The lowest BCUT2D eigenvalue weighted by molar-refractivity contribution is 0.340. The largest absolute Gasteiger partial charge is 0.337 e. The molecule has 0 saturated carbocycles. The van der Waals surface area contributed by atoms with E-state index in [1.165, 1.54) is 11.3 Å². The van der Waals surface area contributed by atoms with Crippen LogP contribution in [0, 0.1) is 0 Å². The van der Waals surface area contributed by atoms with Gasteiger partial charge in [-0.1, -0.05) is 12.1 Å². The fraction of sp³-hybridized carbons (Fsp3) is 0.500. The van der Waals surface area contributed by atoms with Crippen molar-refractivity contribution in [3.8, 4) is 11.5 Å². The zero-order chi connectivity index (χ0) is 11.4. The lowest BCUT2D eigenvalue weighted by Gasteiger charge is -2.06. The maximum absolute atomic E-state index is 5.19. The molecule has 0 bridgehead atoms. The van der Waals surface area contributed by atoms with Crippen LogP contribution in [0.4, 0.5) is 0 Å².